The van der Waals surface area contributed by atoms with E-state index < -0.39 is 0 Å². The number of benzene rings is 1. The maximum atomic E-state index is 12.9. The highest BCUT2D eigenvalue weighted by atomic mass is 35.5. The summed E-state index contributed by atoms with van der Waals surface area (Å²) < 4.78 is 0. The van der Waals surface area contributed by atoms with Gasteiger partial charge in [-0.15, -0.1) is 0 Å². The lowest BCUT2D eigenvalue weighted by Gasteiger charge is -2.35. The first-order valence-electron chi connectivity index (χ1n) is 11.1. The topological polar surface area (TPSA) is 69.7 Å². The highest BCUT2D eigenvalue weighted by Gasteiger charge is 2.31. The average Bonchev–Trinajstić information content (AvgIpc) is 2.75. The molecule has 1 atom stereocenters. The first kappa shape index (κ1) is 23.9. The number of nitrogens with one attached hydrogen (secondary N) is 1. The zero-order chi connectivity index (χ0) is 22.5. The fraction of sp³-hybridized carbons (Fsp3) is 0.609. The van der Waals surface area contributed by atoms with Crippen molar-refractivity contribution in [3.8, 4) is 0 Å². The molecular formula is C23H31Cl2N3O3. The molecule has 3 amide bonds. The lowest BCUT2D eigenvalue weighted by molar-refractivity contribution is -0.133. The van der Waals surface area contributed by atoms with E-state index in [1.54, 1.807) is 23.1 Å². The third-order valence-electron chi connectivity index (χ3n) is 6.02. The first-order valence-corrected chi connectivity index (χ1v) is 11.8. The Morgan fingerprint density at radius 1 is 1.03 bits per heavy atom. The molecule has 2 saturated heterocycles. The lowest BCUT2D eigenvalue weighted by atomic mass is 9.95. The number of amides is 3. The summed E-state index contributed by atoms with van der Waals surface area (Å²) in [7, 11) is 0. The van der Waals surface area contributed by atoms with E-state index in [1.807, 2.05) is 18.7 Å². The first-order chi connectivity index (χ1) is 14.7. The third-order valence-corrected chi connectivity index (χ3v) is 6.76. The van der Waals surface area contributed by atoms with Gasteiger partial charge in [0.1, 0.15) is 0 Å². The number of nitrogens with zero attached hydrogens (tertiary/aromatic N) is 2. The van der Waals surface area contributed by atoms with Crippen LogP contribution in [-0.4, -0.2) is 59.7 Å². The minimum absolute atomic E-state index is 0.00130. The minimum atomic E-state index is -0.221. The number of hydrogen-bond acceptors (Lipinski definition) is 3. The van der Waals surface area contributed by atoms with Crippen LogP contribution in [0.15, 0.2) is 18.2 Å². The molecule has 3 rings (SSSR count). The van der Waals surface area contributed by atoms with Gasteiger partial charge in [0.15, 0.2) is 0 Å². The molecule has 6 nitrogen and oxygen atoms in total. The van der Waals surface area contributed by atoms with Gasteiger partial charge >= 0.3 is 0 Å². The van der Waals surface area contributed by atoms with Crippen molar-refractivity contribution in [3.05, 3.63) is 33.8 Å². The maximum Gasteiger partial charge on any atom is 0.253 e. The van der Waals surface area contributed by atoms with Crippen LogP contribution in [0.25, 0.3) is 0 Å². The second-order valence-corrected chi connectivity index (χ2v) is 9.80. The summed E-state index contributed by atoms with van der Waals surface area (Å²) in [5, 5.41) is 3.90. The molecule has 1 N–H and O–H groups in total. The van der Waals surface area contributed by atoms with Crippen LogP contribution in [0.3, 0.4) is 0 Å². The van der Waals surface area contributed by atoms with Crippen LogP contribution >= 0.6 is 23.2 Å². The van der Waals surface area contributed by atoms with Crippen LogP contribution < -0.4 is 5.32 Å². The molecule has 2 aliphatic rings. The fourth-order valence-corrected chi connectivity index (χ4v) is 4.56. The predicted molar refractivity (Wildman–Crippen MR) is 122 cm³/mol. The Labute approximate surface area is 194 Å². The van der Waals surface area contributed by atoms with Gasteiger partial charge in [-0.25, -0.2) is 0 Å². The van der Waals surface area contributed by atoms with E-state index >= 15 is 0 Å². The average molecular weight is 468 g/mol. The summed E-state index contributed by atoms with van der Waals surface area (Å²) in [4.78, 5) is 41.6. The van der Waals surface area contributed by atoms with E-state index in [2.05, 4.69) is 5.32 Å². The lowest BCUT2D eigenvalue weighted by Crippen LogP contribution is -2.50. The normalized spacial score (nSPS) is 20.1. The standard InChI is InChI=1S/C23H31Cl2N3O3/c1-15(2)12-21(29)27-10-7-18(8-11-27)26-22(30)17-4-3-9-28(14-17)23(31)16-5-6-19(24)20(25)13-16/h5-6,13,15,17-18H,3-4,7-12,14H2,1-2H3,(H,26,30). The second-order valence-electron chi connectivity index (χ2n) is 8.98. The number of rotatable bonds is 5. The molecule has 31 heavy (non-hydrogen) atoms. The summed E-state index contributed by atoms with van der Waals surface area (Å²) in [6.45, 7) is 6.48. The van der Waals surface area contributed by atoms with Crippen molar-refractivity contribution in [1.29, 1.82) is 0 Å². The van der Waals surface area contributed by atoms with Crippen molar-refractivity contribution in [1.82, 2.24) is 15.1 Å². The molecule has 0 aliphatic carbocycles. The molecule has 0 spiro atoms. The van der Waals surface area contributed by atoms with Crippen LogP contribution in [0.5, 0.6) is 0 Å². The Bertz CT molecular complexity index is 822. The van der Waals surface area contributed by atoms with Gasteiger partial charge in [-0.1, -0.05) is 37.0 Å². The van der Waals surface area contributed by atoms with E-state index in [0.29, 0.717) is 54.1 Å². The third kappa shape index (κ3) is 6.36. The molecule has 1 unspecified atom stereocenters. The van der Waals surface area contributed by atoms with Gasteiger partial charge in [0.05, 0.1) is 16.0 Å². The summed E-state index contributed by atoms with van der Waals surface area (Å²) >= 11 is 12.0. The Hall–Kier alpha value is -1.79. The molecule has 2 aliphatic heterocycles. The molecule has 0 radical (unpaired) electrons. The molecule has 0 aromatic heterocycles. The molecule has 2 fully saturated rings. The monoisotopic (exact) mass is 467 g/mol. The van der Waals surface area contributed by atoms with E-state index in [4.69, 9.17) is 23.2 Å². The Morgan fingerprint density at radius 3 is 2.39 bits per heavy atom. The largest absolute Gasteiger partial charge is 0.353 e. The number of halogens is 2. The van der Waals surface area contributed by atoms with Gasteiger partial charge < -0.3 is 15.1 Å². The summed E-state index contributed by atoms with van der Waals surface area (Å²) in [5.41, 5.74) is 0.480. The molecule has 2 heterocycles. The highest BCUT2D eigenvalue weighted by molar-refractivity contribution is 6.42. The number of piperidine rings is 2. The predicted octanol–water partition coefficient (Wildman–Crippen LogP) is 4.00. The van der Waals surface area contributed by atoms with E-state index in [0.717, 1.165) is 25.7 Å². The second kappa shape index (κ2) is 10.7. The van der Waals surface area contributed by atoms with Gasteiger partial charge in [-0.2, -0.15) is 0 Å². The molecule has 1 aromatic carbocycles. The number of likely N-dealkylation sites (tertiary alicyclic amines) is 2. The number of hydrogen-bond donors (Lipinski definition) is 1. The Morgan fingerprint density at radius 2 is 1.74 bits per heavy atom. The van der Waals surface area contributed by atoms with Crippen LogP contribution in [0.2, 0.25) is 10.0 Å². The maximum absolute atomic E-state index is 12.9. The summed E-state index contributed by atoms with van der Waals surface area (Å²) in [6.07, 6.45) is 3.67. The highest BCUT2D eigenvalue weighted by Crippen LogP contribution is 2.25. The van der Waals surface area contributed by atoms with Crippen molar-refractivity contribution >= 4 is 40.9 Å². The van der Waals surface area contributed by atoms with Gasteiger partial charge in [0.2, 0.25) is 11.8 Å². The minimum Gasteiger partial charge on any atom is -0.353 e. The molecule has 8 heteroatoms. The summed E-state index contributed by atoms with van der Waals surface area (Å²) in [5.74, 6) is 0.196. The van der Waals surface area contributed by atoms with Crippen molar-refractivity contribution in [2.75, 3.05) is 26.2 Å². The van der Waals surface area contributed by atoms with Crippen LogP contribution in [0.4, 0.5) is 0 Å². The van der Waals surface area contributed by atoms with Crippen molar-refractivity contribution < 1.29 is 14.4 Å². The molecule has 1 aromatic rings. The summed E-state index contributed by atoms with van der Waals surface area (Å²) in [6, 6.07) is 4.93. The van der Waals surface area contributed by atoms with E-state index in [1.165, 1.54) is 0 Å². The van der Waals surface area contributed by atoms with Gasteiger partial charge in [0, 0.05) is 44.2 Å². The van der Waals surface area contributed by atoms with Crippen molar-refractivity contribution in [2.45, 2.75) is 52.0 Å². The zero-order valence-corrected chi connectivity index (χ0v) is 19.7. The fourth-order valence-electron chi connectivity index (χ4n) is 4.26. The van der Waals surface area contributed by atoms with E-state index in [9.17, 15) is 14.4 Å². The van der Waals surface area contributed by atoms with Crippen LogP contribution in [0.1, 0.15) is 56.3 Å². The van der Waals surface area contributed by atoms with Crippen LogP contribution in [0, 0.1) is 11.8 Å². The van der Waals surface area contributed by atoms with Crippen LogP contribution in [-0.2, 0) is 9.59 Å². The van der Waals surface area contributed by atoms with Crippen molar-refractivity contribution in [3.63, 3.8) is 0 Å². The zero-order valence-electron chi connectivity index (χ0n) is 18.2. The molecule has 0 bridgehead atoms. The number of carbonyl (C=O) groups is 3. The Kier molecular flexibility index (Phi) is 8.23. The molecule has 170 valence electrons. The molecular weight excluding hydrogens is 437 g/mol. The quantitative estimate of drug-likeness (QED) is 0.711. The molecule has 0 saturated carbocycles. The SMILES string of the molecule is CC(C)CC(=O)N1CCC(NC(=O)C2CCCN(C(=O)c3ccc(Cl)c(Cl)c3)C2)CC1. The van der Waals surface area contributed by atoms with Gasteiger partial charge in [-0.3, -0.25) is 14.4 Å². The van der Waals surface area contributed by atoms with Gasteiger partial charge in [-0.05, 0) is 49.8 Å². The van der Waals surface area contributed by atoms with Crippen molar-refractivity contribution in [2.24, 2.45) is 11.8 Å². The smallest absolute Gasteiger partial charge is 0.253 e. The number of carbonyl (C=O) groups excluding carboxylic acids is 3. The van der Waals surface area contributed by atoms with E-state index in [-0.39, 0.29) is 29.7 Å². The Balaban J connectivity index is 1.50. The van der Waals surface area contributed by atoms with Gasteiger partial charge in [0.25, 0.3) is 5.91 Å².